The number of hydrogen-bond acceptors (Lipinski definition) is 14. The van der Waals surface area contributed by atoms with Gasteiger partial charge in [0.1, 0.15) is 36.9 Å². The maximum absolute atomic E-state index is 14.4. The summed E-state index contributed by atoms with van der Waals surface area (Å²) < 4.78 is 41.6. The van der Waals surface area contributed by atoms with Crippen LogP contribution in [0.4, 0.5) is 20.4 Å². The summed E-state index contributed by atoms with van der Waals surface area (Å²) in [5, 5.41) is 13.2. The third kappa shape index (κ3) is 9.05. The van der Waals surface area contributed by atoms with Gasteiger partial charge < -0.3 is 29.9 Å². The highest BCUT2D eigenvalue weighted by molar-refractivity contribution is 6.01. The molecule has 16 rings (SSSR count). The lowest BCUT2D eigenvalue weighted by Crippen LogP contribution is -2.51. The highest BCUT2D eigenvalue weighted by Gasteiger charge is 2.51. The first-order valence-corrected chi connectivity index (χ1v) is 29.5. The van der Waals surface area contributed by atoms with Crippen LogP contribution in [0.1, 0.15) is 78.2 Å². The standard InChI is InChI=1S/2C32H35FN6O.2H2/c1-20-5-2-6-21-7-3-8-25(28(20)21)27-12-11-26-29(35-27)36-31(37-30(26)38-17-23-9-10-24(18-38)34-23)40-19-32-13-4-14-39(32)16-22(33)15-32;1-20-5-2-6-21-7-3-8-26(28(20)21)22-13-27-29(34-15-22)30(38-17-24-9-10-25(18-38)35-24)37-31(36-27)40-19-32-11-4-12-39(32)16-23(33)14-32;;/h2-3,5-8,11-12,22-24,34H,4,9-10,13-19H2,1H3;2-3,5-8,13,15,23-25,35H,4,9-12,14,16-19H2,1H3;2*1H/t22-,23?,24?,32?;23-,24?,25?,32?;;/m11../s1. The Balaban J connectivity index is 0.000000150. The van der Waals surface area contributed by atoms with Crippen molar-refractivity contribution in [2.24, 2.45) is 0 Å². The van der Waals surface area contributed by atoms with Gasteiger partial charge in [-0.3, -0.25) is 14.8 Å². The minimum Gasteiger partial charge on any atom is -0.461 e. The summed E-state index contributed by atoms with van der Waals surface area (Å²) in [4.78, 5) is 39.1. The molecule has 8 saturated heterocycles. The number of ether oxygens (including phenoxy) is 2. The van der Waals surface area contributed by atoms with Crippen molar-refractivity contribution in [1.82, 2.24) is 50.3 Å². The Morgan fingerprint density at radius 3 is 1.71 bits per heavy atom. The maximum Gasteiger partial charge on any atom is 0.320 e. The number of anilines is 2. The zero-order valence-electron chi connectivity index (χ0n) is 45.9. The van der Waals surface area contributed by atoms with E-state index in [0.717, 1.165) is 115 Å². The molecule has 8 aliphatic rings. The quantitative estimate of drug-likeness (QED) is 0.135. The van der Waals surface area contributed by atoms with Gasteiger partial charge in [0, 0.05) is 96.5 Å². The Labute approximate surface area is 468 Å². The van der Waals surface area contributed by atoms with E-state index in [-0.39, 0.29) is 13.9 Å². The van der Waals surface area contributed by atoms with E-state index in [0.29, 0.717) is 81.0 Å². The van der Waals surface area contributed by atoms with Crippen molar-refractivity contribution < 1.29 is 21.1 Å². The van der Waals surface area contributed by atoms with Crippen molar-refractivity contribution in [2.75, 3.05) is 75.4 Å². The average Bonchev–Trinajstić information content (AvgIpc) is 4.40. The molecule has 0 spiro atoms. The average molecular weight is 1080 g/mol. The van der Waals surface area contributed by atoms with Gasteiger partial charge in [-0.15, -0.1) is 0 Å². The molecule has 0 aliphatic carbocycles. The number of halogens is 2. The first-order valence-electron chi connectivity index (χ1n) is 29.5. The number of pyridine rings is 2. The first-order chi connectivity index (χ1) is 39.1. The van der Waals surface area contributed by atoms with E-state index in [1.54, 1.807) is 0 Å². The summed E-state index contributed by atoms with van der Waals surface area (Å²) in [6.07, 6.45) is 10.3. The van der Waals surface area contributed by atoms with Crippen LogP contribution in [-0.4, -0.2) is 153 Å². The number of nitrogens with one attached hydrogen (secondary N) is 2. The maximum atomic E-state index is 14.4. The molecule has 0 amide bonds. The lowest BCUT2D eigenvalue weighted by atomic mass is 9.95. The van der Waals surface area contributed by atoms with Crippen LogP contribution in [0.5, 0.6) is 12.0 Å². The smallest absolute Gasteiger partial charge is 0.320 e. The van der Waals surface area contributed by atoms with Crippen molar-refractivity contribution in [1.29, 1.82) is 0 Å². The molecule has 14 nitrogen and oxygen atoms in total. The predicted octanol–water partition coefficient (Wildman–Crippen LogP) is 10.6. The molecule has 8 fully saturated rings. The third-order valence-electron chi connectivity index (χ3n) is 19.3. The molecule has 8 aliphatic heterocycles. The molecule has 416 valence electrons. The summed E-state index contributed by atoms with van der Waals surface area (Å²) in [5.41, 5.74) is 8.36. The van der Waals surface area contributed by atoms with Gasteiger partial charge in [-0.1, -0.05) is 72.8 Å². The predicted molar refractivity (Wildman–Crippen MR) is 316 cm³/mol. The van der Waals surface area contributed by atoms with Gasteiger partial charge in [-0.2, -0.15) is 19.9 Å². The molecule has 4 bridgehead atoms. The molecule has 16 heteroatoms. The lowest BCUT2D eigenvalue weighted by Gasteiger charge is -2.34. The molecule has 12 heterocycles. The van der Waals surface area contributed by atoms with Gasteiger partial charge in [0.15, 0.2) is 11.5 Å². The fraction of sp³-hybridized carbons (Fsp3) is 0.469. The van der Waals surface area contributed by atoms with Crippen LogP contribution < -0.4 is 29.9 Å². The molecule has 4 aromatic heterocycles. The van der Waals surface area contributed by atoms with Crippen molar-refractivity contribution >= 4 is 55.2 Å². The van der Waals surface area contributed by atoms with Gasteiger partial charge in [0.05, 0.1) is 27.7 Å². The summed E-state index contributed by atoms with van der Waals surface area (Å²) in [6.45, 7) is 11.6. The van der Waals surface area contributed by atoms with Gasteiger partial charge in [0.25, 0.3) is 0 Å². The van der Waals surface area contributed by atoms with Crippen LogP contribution in [0, 0.1) is 13.8 Å². The van der Waals surface area contributed by atoms with Crippen molar-refractivity contribution in [3.05, 3.63) is 108 Å². The van der Waals surface area contributed by atoms with E-state index in [1.165, 1.54) is 58.4 Å². The van der Waals surface area contributed by atoms with Gasteiger partial charge in [-0.05, 0) is 135 Å². The highest BCUT2D eigenvalue weighted by Crippen LogP contribution is 2.43. The Kier molecular flexibility index (Phi) is 12.6. The highest BCUT2D eigenvalue weighted by atomic mass is 19.1. The van der Waals surface area contributed by atoms with E-state index in [1.807, 2.05) is 6.20 Å². The second-order valence-electron chi connectivity index (χ2n) is 24.6. The molecular formula is C64H74F2N12O2. The first kappa shape index (κ1) is 50.3. The van der Waals surface area contributed by atoms with E-state index < -0.39 is 12.3 Å². The number of alkyl halides is 2. The van der Waals surface area contributed by atoms with E-state index in [2.05, 4.69) is 135 Å². The Bertz CT molecular complexity index is 3440. The number of hydrogen-bond donors (Lipinski definition) is 2. The van der Waals surface area contributed by atoms with Crippen LogP contribution in [0.25, 0.3) is 66.0 Å². The molecule has 80 heavy (non-hydrogen) atoms. The minimum atomic E-state index is -0.790. The Morgan fingerprint density at radius 2 is 1.11 bits per heavy atom. The SMILES string of the molecule is Cc1cccc2cccc(-c3ccc4c(N5CC6CCC(C5)N6)nc(OCC56CCCN5C[C@H](F)C6)nc4n3)c12.Cc1cccc2cccc(-c3cnc4c(N5CC6CCC(C5)N6)nc(OCC56CCCN5C[C@H](F)C6)nc4c3)c12.[HH].[HH]. The number of rotatable bonds is 10. The number of aromatic nitrogens is 6. The molecule has 0 radical (unpaired) electrons. The van der Waals surface area contributed by atoms with Gasteiger partial charge in [0.2, 0.25) is 0 Å². The number of benzene rings is 4. The van der Waals surface area contributed by atoms with Crippen LogP contribution in [0.15, 0.2) is 97.2 Å². The van der Waals surface area contributed by atoms with Crippen LogP contribution >= 0.6 is 0 Å². The molecule has 4 aromatic carbocycles. The van der Waals surface area contributed by atoms with Gasteiger partial charge >= 0.3 is 12.0 Å². The topological polar surface area (TPSA) is 133 Å². The Morgan fingerprint density at radius 1 is 0.588 bits per heavy atom. The molecule has 0 saturated carbocycles. The largest absolute Gasteiger partial charge is 0.461 e. The number of fused-ring (bicyclic) bond motifs is 10. The number of aryl methyl sites for hydroxylation is 2. The Hall–Kier alpha value is -6.72. The zero-order valence-corrected chi connectivity index (χ0v) is 45.9. The van der Waals surface area contributed by atoms with E-state index in [4.69, 9.17) is 39.4 Å². The van der Waals surface area contributed by atoms with Crippen LogP contribution in [0.2, 0.25) is 0 Å². The summed E-state index contributed by atoms with van der Waals surface area (Å²) >= 11 is 0. The van der Waals surface area contributed by atoms with Crippen molar-refractivity contribution in [2.45, 2.75) is 126 Å². The van der Waals surface area contributed by atoms with Crippen LogP contribution in [-0.2, 0) is 0 Å². The van der Waals surface area contributed by atoms with E-state index >= 15 is 0 Å². The van der Waals surface area contributed by atoms with Gasteiger partial charge in [-0.25, -0.2) is 13.8 Å². The number of piperazine rings is 2. The summed E-state index contributed by atoms with van der Waals surface area (Å²) in [6, 6.07) is 34.5. The molecule has 8 atom stereocenters. The fourth-order valence-electron chi connectivity index (χ4n) is 15.6. The van der Waals surface area contributed by atoms with Crippen LogP contribution in [0.3, 0.4) is 0 Å². The minimum absolute atomic E-state index is 0. The zero-order chi connectivity index (χ0) is 53.7. The molecular weight excluding hydrogens is 1010 g/mol. The lowest BCUT2D eigenvalue weighted by molar-refractivity contribution is 0.107. The van der Waals surface area contributed by atoms with Crippen molar-refractivity contribution in [3.63, 3.8) is 0 Å². The molecule has 8 aromatic rings. The molecule has 2 N–H and O–H groups in total. The third-order valence-corrected chi connectivity index (χ3v) is 19.3. The second-order valence-corrected chi connectivity index (χ2v) is 24.6. The normalized spacial score (nSPS) is 28.1. The summed E-state index contributed by atoms with van der Waals surface area (Å²) in [5.74, 6) is 1.73. The van der Waals surface area contributed by atoms with Crippen molar-refractivity contribution in [3.8, 4) is 34.4 Å². The summed E-state index contributed by atoms with van der Waals surface area (Å²) in [7, 11) is 0. The second kappa shape index (κ2) is 20.1. The molecule has 6 unspecified atom stereocenters. The number of nitrogens with zero attached hydrogens (tertiary/aromatic N) is 10. The monoisotopic (exact) mass is 1080 g/mol. The fourth-order valence-corrected chi connectivity index (χ4v) is 15.6. The van der Waals surface area contributed by atoms with E-state index in [9.17, 15) is 8.78 Å².